The third-order valence-electron chi connectivity index (χ3n) is 10.1. The molecule has 4 aromatic rings. The first-order chi connectivity index (χ1) is 18.2. The average Bonchev–Trinajstić information content (AvgIpc) is 3.46. The van der Waals surface area contributed by atoms with Gasteiger partial charge in [0.2, 0.25) is 0 Å². The van der Waals surface area contributed by atoms with Gasteiger partial charge in [-0.2, -0.15) is 0 Å². The van der Waals surface area contributed by atoms with Crippen LogP contribution < -0.4 is 0 Å². The van der Waals surface area contributed by atoms with Crippen molar-refractivity contribution in [2.45, 2.75) is 43.7 Å². The fourth-order valence-corrected chi connectivity index (χ4v) is 48.4. The molecule has 0 aromatic heterocycles. The molecule has 0 N–H and O–H groups in total. The van der Waals surface area contributed by atoms with E-state index in [-0.39, 0.29) is 0 Å². The van der Waals surface area contributed by atoms with Crippen LogP contribution in [0.25, 0.3) is 34.4 Å². The van der Waals surface area contributed by atoms with Crippen LogP contribution in [0.5, 0.6) is 0 Å². The molecule has 0 bridgehead atoms. The van der Waals surface area contributed by atoms with Crippen molar-refractivity contribution in [1.82, 2.24) is 0 Å². The maximum atomic E-state index is 2.84. The van der Waals surface area contributed by atoms with Crippen molar-refractivity contribution in [3.05, 3.63) is 130 Å². The molecule has 0 saturated carbocycles. The first-order valence-corrected chi connectivity index (χ1v) is 33.2. The SMILES string of the molecule is CC1=Cc2c(-c3ccccc3)cccc2[CH]1[Hf]([CH3])([CH3])([CH]1C(C)=Cc2c(-c3ccccc3)cccc21)=[Si](C)C. The molecule has 4 aromatic carbocycles. The van der Waals surface area contributed by atoms with Gasteiger partial charge in [-0.15, -0.1) is 0 Å². The van der Waals surface area contributed by atoms with Crippen LogP contribution in [0.15, 0.2) is 108 Å². The zero-order chi connectivity index (χ0) is 26.7. The summed E-state index contributed by atoms with van der Waals surface area (Å²) in [5.41, 5.74) is 14.1. The second-order valence-electron chi connectivity index (χ2n) is 12.6. The molecule has 0 amide bonds. The molecule has 190 valence electrons. The molecular formula is C36H38HfSi. The van der Waals surface area contributed by atoms with Crippen molar-refractivity contribution in [3.63, 3.8) is 0 Å². The zero-order valence-electron chi connectivity index (χ0n) is 23.5. The fraction of sp³-hybridized carbons (Fsp3) is 0.222. The van der Waals surface area contributed by atoms with Gasteiger partial charge in [-0.1, -0.05) is 0 Å². The first kappa shape index (κ1) is 25.7. The normalized spacial score (nSPS) is 18.5. The molecule has 0 aliphatic heterocycles. The van der Waals surface area contributed by atoms with E-state index in [1.807, 2.05) is 0 Å². The summed E-state index contributed by atoms with van der Waals surface area (Å²) in [7, 11) is 0. The van der Waals surface area contributed by atoms with E-state index >= 15 is 0 Å². The molecule has 0 radical (unpaired) electrons. The Morgan fingerprint density at radius 3 is 1.29 bits per heavy atom. The maximum absolute atomic E-state index is 3.76. The third-order valence-corrected chi connectivity index (χ3v) is 70.2. The summed E-state index contributed by atoms with van der Waals surface area (Å²) in [5, 5.41) is 0. The Bertz CT molecular complexity index is 1580. The number of rotatable bonds is 4. The van der Waals surface area contributed by atoms with Crippen molar-refractivity contribution < 1.29 is 17.1 Å². The minimum atomic E-state index is -3.76. The molecule has 0 heterocycles. The molecule has 2 heteroatoms. The van der Waals surface area contributed by atoms with Crippen LogP contribution in [0.2, 0.25) is 22.5 Å². The Balaban J connectivity index is 1.58. The number of benzene rings is 4. The van der Waals surface area contributed by atoms with E-state index in [1.165, 1.54) is 33.4 Å². The molecule has 0 nitrogen and oxygen atoms in total. The topological polar surface area (TPSA) is 0 Å². The predicted octanol–water partition coefficient (Wildman–Crippen LogP) is 10.7. The second-order valence-corrected chi connectivity index (χ2v) is 61.2. The van der Waals surface area contributed by atoms with Crippen molar-refractivity contribution >= 4 is 17.6 Å². The van der Waals surface area contributed by atoms with Gasteiger partial charge < -0.3 is 0 Å². The number of fused-ring (bicyclic) bond motifs is 2. The summed E-state index contributed by atoms with van der Waals surface area (Å²) in [6.07, 6.45) is 5.09. The van der Waals surface area contributed by atoms with E-state index in [0.717, 1.165) is 0 Å². The number of hydrogen-bond acceptors (Lipinski definition) is 0. The van der Waals surface area contributed by atoms with Crippen LogP contribution >= 0.6 is 0 Å². The van der Waals surface area contributed by atoms with Crippen molar-refractivity contribution in [3.8, 4) is 22.3 Å². The van der Waals surface area contributed by atoms with Gasteiger partial charge in [0.1, 0.15) is 0 Å². The van der Waals surface area contributed by atoms with Gasteiger partial charge in [0.25, 0.3) is 0 Å². The van der Waals surface area contributed by atoms with Crippen molar-refractivity contribution in [2.75, 3.05) is 0 Å². The summed E-state index contributed by atoms with van der Waals surface area (Å²) in [6, 6.07) is 36.1. The Labute approximate surface area is 229 Å². The Hall–Kier alpha value is -2.55. The van der Waals surface area contributed by atoms with Gasteiger partial charge in [-0.25, -0.2) is 0 Å². The summed E-state index contributed by atoms with van der Waals surface area (Å²) in [5.74, 6) is 0. The molecular weight excluding hydrogens is 639 g/mol. The predicted molar refractivity (Wildman–Crippen MR) is 166 cm³/mol. The molecule has 0 fully saturated rings. The van der Waals surface area contributed by atoms with E-state index in [9.17, 15) is 0 Å². The van der Waals surface area contributed by atoms with Crippen LogP contribution in [0.4, 0.5) is 0 Å². The Morgan fingerprint density at radius 1 is 0.526 bits per heavy atom. The minimum absolute atomic E-state index is 0.578. The van der Waals surface area contributed by atoms with Gasteiger partial charge in [0.15, 0.2) is 0 Å². The fourth-order valence-electron chi connectivity index (χ4n) is 7.95. The molecule has 2 aliphatic rings. The second kappa shape index (κ2) is 9.28. The first-order valence-electron chi connectivity index (χ1n) is 13.9. The summed E-state index contributed by atoms with van der Waals surface area (Å²) in [4.78, 5) is 0. The molecule has 0 spiro atoms. The van der Waals surface area contributed by atoms with E-state index in [1.54, 1.807) is 22.3 Å². The summed E-state index contributed by atoms with van der Waals surface area (Å²) < 4.78 is 6.83. The standard InChI is InChI=1S/2C16H13.C2H6Si.2CH3.Hf/c2*1-12-10-14-8-5-9-15(16(14)11-12)13-6-3-2-4-7-13;1-3-2;;;/h2*2-11H,1H3;1-2H3;2*1H3;. The van der Waals surface area contributed by atoms with Gasteiger partial charge >= 0.3 is 231 Å². The van der Waals surface area contributed by atoms with E-state index in [4.69, 9.17) is 0 Å². The molecule has 2 atom stereocenters. The Kier molecular flexibility index (Phi) is 6.28. The van der Waals surface area contributed by atoms with Crippen LogP contribution in [-0.4, -0.2) is 5.49 Å². The zero-order valence-corrected chi connectivity index (χ0v) is 28.1. The van der Waals surface area contributed by atoms with Crippen LogP contribution in [0, 0.1) is 0 Å². The van der Waals surface area contributed by atoms with E-state index in [0.29, 0.717) is 7.35 Å². The molecule has 2 aliphatic carbocycles. The number of hydrogen-bond donors (Lipinski definition) is 0. The molecule has 38 heavy (non-hydrogen) atoms. The molecule has 6 rings (SSSR count). The van der Waals surface area contributed by atoms with Crippen LogP contribution in [-0.2, 0) is 17.1 Å². The van der Waals surface area contributed by atoms with Crippen LogP contribution in [0.1, 0.15) is 43.5 Å². The molecule has 0 saturated heterocycles. The van der Waals surface area contributed by atoms with Gasteiger partial charge in [-0.3, -0.25) is 0 Å². The summed E-state index contributed by atoms with van der Waals surface area (Å²) >= 11 is -3.76. The van der Waals surface area contributed by atoms with Gasteiger partial charge in [0.05, 0.1) is 0 Å². The quantitative estimate of drug-likeness (QED) is 0.189. The molecule has 2 unspecified atom stereocenters. The Morgan fingerprint density at radius 2 is 0.921 bits per heavy atom. The van der Waals surface area contributed by atoms with Crippen molar-refractivity contribution in [2.24, 2.45) is 0 Å². The number of allylic oxidation sites excluding steroid dienone is 2. The van der Waals surface area contributed by atoms with E-state index in [2.05, 4.69) is 146 Å². The average molecular weight is 677 g/mol. The summed E-state index contributed by atoms with van der Waals surface area (Å²) in [6.45, 7) is 10.1. The van der Waals surface area contributed by atoms with Crippen LogP contribution in [0.3, 0.4) is 0 Å². The van der Waals surface area contributed by atoms with Gasteiger partial charge in [0, 0.05) is 0 Å². The van der Waals surface area contributed by atoms with Crippen molar-refractivity contribution in [1.29, 1.82) is 0 Å². The van der Waals surface area contributed by atoms with Gasteiger partial charge in [-0.05, 0) is 0 Å². The third kappa shape index (κ3) is 3.71. The van der Waals surface area contributed by atoms with E-state index < -0.39 is 22.6 Å². The monoisotopic (exact) mass is 678 g/mol.